The largest absolute Gasteiger partial charge is 0.467 e. The number of hydrogen-bond donors (Lipinski definition) is 2. The lowest BCUT2D eigenvalue weighted by molar-refractivity contribution is -0.117. The van der Waals surface area contributed by atoms with Crippen LogP contribution >= 0.6 is 0 Å². The molecule has 2 N–H and O–H groups in total. The van der Waals surface area contributed by atoms with E-state index in [4.69, 9.17) is 4.42 Å². The number of carbonyl (C=O) groups excluding carboxylic acids is 1. The van der Waals surface area contributed by atoms with Crippen LogP contribution in [0.25, 0.3) is 17.2 Å². The Labute approximate surface area is 190 Å². The van der Waals surface area contributed by atoms with Crippen molar-refractivity contribution >= 4 is 17.7 Å². The standard InChI is InChI=1S/C28H32N2O2/c1-17(28(31)30-24-12-13-24)15-26-18(2)20(4)27(21(5)19(26)3)22-8-10-23(11-9-22)29-16-25-7-6-14-32-25/h6-11,14-15,24,29H,12-13,16H2,1-5H3,(H,30,31). The van der Waals surface area contributed by atoms with Gasteiger partial charge in [-0.2, -0.15) is 0 Å². The van der Waals surface area contributed by atoms with Gasteiger partial charge in [0.2, 0.25) is 5.91 Å². The molecule has 0 aliphatic heterocycles. The van der Waals surface area contributed by atoms with Gasteiger partial charge in [0.1, 0.15) is 5.76 Å². The number of rotatable bonds is 7. The summed E-state index contributed by atoms with van der Waals surface area (Å²) < 4.78 is 5.39. The zero-order valence-electron chi connectivity index (χ0n) is 19.6. The van der Waals surface area contributed by atoms with Crippen LogP contribution < -0.4 is 10.6 Å². The maximum Gasteiger partial charge on any atom is 0.247 e. The van der Waals surface area contributed by atoms with Gasteiger partial charge in [-0.25, -0.2) is 0 Å². The SMILES string of the molecule is CC(=Cc1c(C)c(C)c(-c2ccc(NCc3ccco3)cc2)c(C)c1C)C(=O)NC1CC1. The number of furan rings is 1. The molecule has 1 amide bonds. The molecule has 0 radical (unpaired) electrons. The van der Waals surface area contributed by atoms with Crippen LogP contribution in [0.15, 0.2) is 52.7 Å². The molecule has 4 rings (SSSR count). The maximum atomic E-state index is 12.4. The molecule has 1 fully saturated rings. The average Bonchev–Trinajstić information content (AvgIpc) is 3.44. The van der Waals surface area contributed by atoms with E-state index in [9.17, 15) is 4.79 Å². The van der Waals surface area contributed by atoms with Crippen molar-refractivity contribution in [2.75, 3.05) is 5.32 Å². The van der Waals surface area contributed by atoms with Gasteiger partial charge in [0.15, 0.2) is 0 Å². The van der Waals surface area contributed by atoms with Gasteiger partial charge in [-0.15, -0.1) is 0 Å². The molecule has 1 aromatic heterocycles. The van der Waals surface area contributed by atoms with Crippen LogP contribution in [0.2, 0.25) is 0 Å². The summed E-state index contributed by atoms with van der Waals surface area (Å²) in [6.45, 7) is 11.2. The zero-order chi connectivity index (χ0) is 22.8. The third kappa shape index (κ3) is 4.64. The highest BCUT2D eigenvalue weighted by atomic mass is 16.3. The van der Waals surface area contributed by atoms with E-state index in [0.29, 0.717) is 12.6 Å². The Morgan fingerprint density at radius 2 is 1.66 bits per heavy atom. The smallest absolute Gasteiger partial charge is 0.247 e. The summed E-state index contributed by atoms with van der Waals surface area (Å²) in [4.78, 5) is 12.4. The highest BCUT2D eigenvalue weighted by molar-refractivity contribution is 5.98. The van der Waals surface area contributed by atoms with Gasteiger partial charge in [0.25, 0.3) is 0 Å². The van der Waals surface area contributed by atoms with Crippen molar-refractivity contribution in [3.8, 4) is 11.1 Å². The average molecular weight is 429 g/mol. The lowest BCUT2D eigenvalue weighted by Gasteiger charge is -2.20. The first-order valence-electron chi connectivity index (χ1n) is 11.3. The van der Waals surface area contributed by atoms with E-state index in [0.717, 1.165) is 35.4 Å². The molecular formula is C28H32N2O2. The molecule has 166 valence electrons. The highest BCUT2D eigenvalue weighted by Gasteiger charge is 2.24. The van der Waals surface area contributed by atoms with E-state index in [1.807, 2.05) is 25.1 Å². The first-order chi connectivity index (χ1) is 15.3. The van der Waals surface area contributed by atoms with Crippen LogP contribution in [-0.2, 0) is 11.3 Å². The molecule has 4 nitrogen and oxygen atoms in total. The molecule has 3 aromatic rings. The topological polar surface area (TPSA) is 54.3 Å². The van der Waals surface area contributed by atoms with E-state index < -0.39 is 0 Å². The summed E-state index contributed by atoms with van der Waals surface area (Å²) in [5.41, 5.74) is 10.4. The van der Waals surface area contributed by atoms with Gasteiger partial charge in [-0.1, -0.05) is 12.1 Å². The fourth-order valence-corrected chi connectivity index (χ4v) is 4.16. The molecule has 4 heteroatoms. The summed E-state index contributed by atoms with van der Waals surface area (Å²) >= 11 is 0. The van der Waals surface area contributed by atoms with E-state index in [1.54, 1.807) is 6.26 Å². The first-order valence-corrected chi connectivity index (χ1v) is 11.3. The predicted molar refractivity (Wildman–Crippen MR) is 132 cm³/mol. The molecule has 0 spiro atoms. The number of nitrogens with one attached hydrogen (secondary N) is 2. The van der Waals surface area contributed by atoms with Crippen molar-refractivity contribution in [2.45, 2.75) is 60.0 Å². The summed E-state index contributed by atoms with van der Waals surface area (Å²) in [5, 5.41) is 6.48. The fourth-order valence-electron chi connectivity index (χ4n) is 4.16. The second-order valence-corrected chi connectivity index (χ2v) is 8.87. The molecule has 32 heavy (non-hydrogen) atoms. The van der Waals surface area contributed by atoms with Crippen LogP contribution in [0.1, 0.15) is 53.3 Å². The van der Waals surface area contributed by atoms with E-state index in [1.165, 1.54) is 33.4 Å². The molecule has 1 heterocycles. The monoisotopic (exact) mass is 428 g/mol. The number of benzene rings is 2. The van der Waals surface area contributed by atoms with Gasteiger partial charge in [0, 0.05) is 17.3 Å². The molecule has 0 atom stereocenters. The minimum absolute atomic E-state index is 0.0447. The van der Waals surface area contributed by atoms with Crippen LogP contribution in [0.3, 0.4) is 0 Å². The lowest BCUT2D eigenvalue weighted by atomic mass is 9.85. The Hall–Kier alpha value is -3.27. The quantitative estimate of drug-likeness (QED) is 0.424. The third-order valence-electron chi connectivity index (χ3n) is 6.54. The molecular weight excluding hydrogens is 396 g/mol. The van der Waals surface area contributed by atoms with E-state index >= 15 is 0 Å². The molecule has 0 saturated heterocycles. The third-order valence-corrected chi connectivity index (χ3v) is 6.54. The summed E-state index contributed by atoms with van der Waals surface area (Å²) in [7, 11) is 0. The number of hydrogen-bond acceptors (Lipinski definition) is 3. The summed E-state index contributed by atoms with van der Waals surface area (Å²) in [6.07, 6.45) is 5.94. The van der Waals surface area contributed by atoms with Crippen LogP contribution in [0.4, 0.5) is 5.69 Å². The van der Waals surface area contributed by atoms with Gasteiger partial charge < -0.3 is 15.1 Å². The Balaban J connectivity index is 1.60. The van der Waals surface area contributed by atoms with Crippen molar-refractivity contribution in [1.82, 2.24) is 5.32 Å². The van der Waals surface area contributed by atoms with Crippen molar-refractivity contribution in [2.24, 2.45) is 0 Å². The van der Waals surface area contributed by atoms with Crippen LogP contribution in [0, 0.1) is 27.7 Å². The second-order valence-electron chi connectivity index (χ2n) is 8.87. The van der Waals surface area contributed by atoms with E-state index in [-0.39, 0.29) is 5.91 Å². The van der Waals surface area contributed by atoms with Crippen molar-refractivity contribution in [3.63, 3.8) is 0 Å². The summed E-state index contributed by atoms with van der Waals surface area (Å²) in [5.74, 6) is 0.958. The number of amides is 1. The van der Waals surface area contributed by atoms with Crippen molar-refractivity contribution in [3.05, 3.63) is 81.8 Å². The van der Waals surface area contributed by atoms with Gasteiger partial charge in [-0.3, -0.25) is 4.79 Å². The Morgan fingerprint density at radius 3 is 2.22 bits per heavy atom. The molecule has 0 bridgehead atoms. The Morgan fingerprint density at radius 1 is 1.00 bits per heavy atom. The van der Waals surface area contributed by atoms with Crippen molar-refractivity contribution < 1.29 is 9.21 Å². The maximum absolute atomic E-state index is 12.4. The molecule has 0 unspecified atom stereocenters. The van der Waals surface area contributed by atoms with Gasteiger partial charge >= 0.3 is 0 Å². The Bertz CT molecular complexity index is 1120. The summed E-state index contributed by atoms with van der Waals surface area (Å²) in [6, 6.07) is 12.8. The number of carbonyl (C=O) groups is 1. The zero-order valence-corrected chi connectivity index (χ0v) is 19.6. The normalized spacial score (nSPS) is 13.8. The fraction of sp³-hybridized carbons (Fsp3) is 0.321. The highest BCUT2D eigenvalue weighted by Crippen LogP contribution is 2.36. The molecule has 1 saturated carbocycles. The Kier molecular flexibility index (Phi) is 6.22. The van der Waals surface area contributed by atoms with Crippen LogP contribution in [0.5, 0.6) is 0 Å². The lowest BCUT2D eigenvalue weighted by Crippen LogP contribution is -2.25. The van der Waals surface area contributed by atoms with Gasteiger partial charge in [-0.05, 0) is 117 Å². The van der Waals surface area contributed by atoms with E-state index in [2.05, 4.69) is 62.6 Å². The minimum atomic E-state index is 0.0447. The first kappa shape index (κ1) is 21.9. The van der Waals surface area contributed by atoms with Gasteiger partial charge in [0.05, 0.1) is 12.8 Å². The molecule has 1 aliphatic carbocycles. The second kappa shape index (κ2) is 9.07. The van der Waals surface area contributed by atoms with Crippen LogP contribution in [-0.4, -0.2) is 11.9 Å². The molecule has 2 aromatic carbocycles. The predicted octanol–water partition coefficient (Wildman–Crippen LogP) is 6.47. The van der Waals surface area contributed by atoms with Crippen molar-refractivity contribution in [1.29, 1.82) is 0 Å². The number of anilines is 1. The minimum Gasteiger partial charge on any atom is -0.467 e. The molecule has 1 aliphatic rings.